The van der Waals surface area contributed by atoms with Gasteiger partial charge in [0.25, 0.3) is 10.1 Å². The summed E-state index contributed by atoms with van der Waals surface area (Å²) in [5.41, 5.74) is 7.72. The maximum atomic E-state index is 11.9. The predicted molar refractivity (Wildman–Crippen MR) is 144 cm³/mol. The van der Waals surface area contributed by atoms with Crippen LogP contribution in [0.25, 0.3) is 0 Å². The van der Waals surface area contributed by atoms with Gasteiger partial charge >= 0.3 is 12.1 Å². The van der Waals surface area contributed by atoms with E-state index >= 15 is 0 Å². The summed E-state index contributed by atoms with van der Waals surface area (Å²) in [5, 5.41) is 14.2. The molecule has 2 aromatic carbocycles. The van der Waals surface area contributed by atoms with Crippen LogP contribution in [0, 0.1) is 0 Å². The lowest BCUT2D eigenvalue weighted by atomic mass is 10.2. The number of ether oxygens (including phenoxy) is 3. The van der Waals surface area contributed by atoms with Crippen LogP contribution in [0.1, 0.15) is 40.6 Å². The summed E-state index contributed by atoms with van der Waals surface area (Å²) >= 11 is 0. The Morgan fingerprint density at radius 1 is 1.02 bits per heavy atom. The lowest BCUT2D eigenvalue weighted by Crippen LogP contribution is -2.28. The summed E-state index contributed by atoms with van der Waals surface area (Å²) in [6.07, 6.45) is 1.44. The van der Waals surface area contributed by atoms with Crippen LogP contribution in [0.2, 0.25) is 0 Å². The number of tetrazole rings is 1. The topological polar surface area (TPSA) is 198 Å². The Hall–Kier alpha value is -3.92. The Bertz CT molecular complexity index is 1250. The van der Waals surface area contributed by atoms with Crippen molar-refractivity contribution in [3.8, 4) is 0 Å². The third-order valence-electron chi connectivity index (χ3n) is 4.92. The Kier molecular flexibility index (Phi) is 14.2. The van der Waals surface area contributed by atoms with Crippen LogP contribution in [-0.2, 0) is 37.5 Å². The first-order valence-electron chi connectivity index (χ1n) is 12.3. The van der Waals surface area contributed by atoms with Crippen LogP contribution >= 0.6 is 0 Å². The van der Waals surface area contributed by atoms with Crippen molar-refractivity contribution in [2.75, 3.05) is 32.6 Å². The largest absolute Gasteiger partial charge is 0.462 e. The SMILES string of the molecule is CS(=O)(=O)O.N[C@H](COCc1ccccc1)c1nnnn1CCOC(=O)NCCCCOC(=O)c1ccccc1. The highest BCUT2D eigenvalue weighted by molar-refractivity contribution is 7.85. The lowest BCUT2D eigenvalue weighted by molar-refractivity contribution is 0.0497. The molecule has 15 heteroatoms. The van der Waals surface area contributed by atoms with Crippen molar-refractivity contribution in [2.45, 2.75) is 32.0 Å². The fourth-order valence-corrected chi connectivity index (χ4v) is 3.10. The number of carbonyl (C=O) groups excluding carboxylic acids is 2. The van der Waals surface area contributed by atoms with E-state index in [0.717, 1.165) is 5.56 Å². The zero-order chi connectivity index (χ0) is 29.2. The highest BCUT2D eigenvalue weighted by Gasteiger charge is 2.16. The molecule has 1 aromatic heterocycles. The smallest absolute Gasteiger partial charge is 0.407 e. The van der Waals surface area contributed by atoms with Gasteiger partial charge in [0, 0.05) is 6.54 Å². The second kappa shape index (κ2) is 17.6. The van der Waals surface area contributed by atoms with E-state index in [2.05, 4.69) is 20.8 Å². The molecule has 3 aromatic rings. The molecular formula is C25H34N6O8S. The van der Waals surface area contributed by atoms with Crippen molar-refractivity contribution in [3.05, 3.63) is 77.6 Å². The van der Waals surface area contributed by atoms with Crippen molar-refractivity contribution in [3.63, 3.8) is 0 Å². The number of carbonyl (C=O) groups is 2. The quantitative estimate of drug-likeness (QED) is 0.142. The van der Waals surface area contributed by atoms with Crippen LogP contribution in [0.3, 0.4) is 0 Å². The fraction of sp³-hybridized carbons (Fsp3) is 0.400. The van der Waals surface area contributed by atoms with Gasteiger partial charge in [0.15, 0.2) is 5.82 Å². The first-order valence-corrected chi connectivity index (χ1v) is 14.2. The van der Waals surface area contributed by atoms with E-state index in [1.54, 1.807) is 24.3 Å². The van der Waals surface area contributed by atoms with Gasteiger partial charge in [-0.05, 0) is 41.0 Å². The number of alkyl carbamates (subject to hydrolysis) is 1. The summed E-state index contributed by atoms with van der Waals surface area (Å²) in [6.45, 7) is 1.71. The number of benzene rings is 2. The summed E-state index contributed by atoms with van der Waals surface area (Å²) in [5.74, 6) is 0.0922. The minimum Gasteiger partial charge on any atom is -0.462 e. The fourth-order valence-electron chi connectivity index (χ4n) is 3.10. The standard InChI is InChI=1S/C24H30N6O5.CH4O3S/c25-21(18-33-17-19-9-3-1-4-10-19)22-27-28-29-30(22)14-16-35-24(32)26-13-7-8-15-34-23(31)20-11-5-2-6-12-20;1-5(2,3)4/h1-6,9-12,21H,7-8,13-18,25H2,(H,26,32);1H3,(H,2,3,4)/t21-;/m1./s1. The van der Waals surface area contributed by atoms with Gasteiger partial charge in [-0.2, -0.15) is 8.42 Å². The number of nitrogens with two attached hydrogens (primary N) is 1. The lowest BCUT2D eigenvalue weighted by Gasteiger charge is -2.12. The number of hydrogen-bond donors (Lipinski definition) is 3. The molecule has 0 fully saturated rings. The maximum Gasteiger partial charge on any atom is 0.407 e. The highest BCUT2D eigenvalue weighted by atomic mass is 32.2. The second-order valence-corrected chi connectivity index (χ2v) is 9.84. The maximum absolute atomic E-state index is 11.9. The molecule has 218 valence electrons. The van der Waals surface area contributed by atoms with Crippen molar-refractivity contribution in [2.24, 2.45) is 5.73 Å². The molecular weight excluding hydrogens is 544 g/mol. The minimum atomic E-state index is -3.67. The monoisotopic (exact) mass is 578 g/mol. The molecule has 0 unspecified atom stereocenters. The average molecular weight is 579 g/mol. The summed E-state index contributed by atoms with van der Waals surface area (Å²) in [4.78, 5) is 23.7. The molecule has 40 heavy (non-hydrogen) atoms. The van der Waals surface area contributed by atoms with Gasteiger partial charge in [0.2, 0.25) is 0 Å². The van der Waals surface area contributed by atoms with E-state index in [4.69, 9.17) is 24.5 Å². The molecule has 0 aliphatic carbocycles. The summed E-state index contributed by atoms with van der Waals surface area (Å²) < 4.78 is 43.4. The summed E-state index contributed by atoms with van der Waals surface area (Å²) in [6, 6.07) is 18.1. The van der Waals surface area contributed by atoms with Crippen molar-refractivity contribution in [1.29, 1.82) is 0 Å². The molecule has 0 aliphatic rings. The van der Waals surface area contributed by atoms with Crippen molar-refractivity contribution in [1.82, 2.24) is 25.5 Å². The molecule has 0 saturated heterocycles. The second-order valence-electron chi connectivity index (χ2n) is 8.37. The normalized spacial score (nSPS) is 11.6. The number of unbranched alkanes of at least 4 members (excludes halogenated alkanes) is 1. The number of esters is 1. The molecule has 14 nitrogen and oxygen atoms in total. The van der Waals surface area contributed by atoms with E-state index < -0.39 is 22.3 Å². The van der Waals surface area contributed by atoms with Crippen LogP contribution in [0.5, 0.6) is 0 Å². The molecule has 0 aliphatic heterocycles. The van der Waals surface area contributed by atoms with Gasteiger partial charge in [0.05, 0.1) is 44.2 Å². The molecule has 0 radical (unpaired) electrons. The molecule has 0 spiro atoms. The molecule has 0 bridgehead atoms. The van der Waals surface area contributed by atoms with Crippen molar-refractivity contribution >= 4 is 22.2 Å². The van der Waals surface area contributed by atoms with Gasteiger partial charge in [-0.15, -0.1) is 5.10 Å². The predicted octanol–water partition coefficient (Wildman–Crippen LogP) is 1.76. The minimum absolute atomic E-state index is 0.0795. The van der Waals surface area contributed by atoms with Gasteiger partial charge in [-0.3, -0.25) is 4.55 Å². The van der Waals surface area contributed by atoms with Crippen LogP contribution in [0.15, 0.2) is 60.7 Å². The molecule has 1 amide bonds. The van der Waals surface area contributed by atoms with Crippen LogP contribution < -0.4 is 11.1 Å². The Labute approximate surface area is 232 Å². The van der Waals surface area contributed by atoms with E-state index in [-0.39, 0.29) is 32.3 Å². The van der Waals surface area contributed by atoms with Gasteiger partial charge in [-0.25, -0.2) is 14.3 Å². The Morgan fingerprint density at radius 3 is 2.35 bits per heavy atom. The van der Waals surface area contributed by atoms with Crippen molar-refractivity contribution < 1.29 is 36.8 Å². The molecule has 1 heterocycles. The van der Waals surface area contributed by atoms with E-state index in [1.165, 1.54) is 4.68 Å². The average Bonchev–Trinajstić information content (AvgIpc) is 3.39. The first-order chi connectivity index (χ1) is 19.1. The number of rotatable bonds is 14. The molecule has 4 N–H and O–H groups in total. The Balaban J connectivity index is 0.00000103. The van der Waals surface area contributed by atoms with E-state index in [1.807, 2.05) is 36.4 Å². The zero-order valence-electron chi connectivity index (χ0n) is 22.1. The number of amides is 1. The van der Waals surface area contributed by atoms with Crippen LogP contribution in [0.4, 0.5) is 4.79 Å². The number of hydrogen-bond acceptors (Lipinski definition) is 11. The zero-order valence-corrected chi connectivity index (χ0v) is 22.9. The number of nitrogens with one attached hydrogen (secondary N) is 1. The van der Waals surface area contributed by atoms with Gasteiger partial charge in [0.1, 0.15) is 6.61 Å². The summed E-state index contributed by atoms with van der Waals surface area (Å²) in [7, 11) is -3.67. The first kappa shape index (κ1) is 32.3. The van der Waals surface area contributed by atoms with Crippen LogP contribution in [-0.4, -0.2) is 77.9 Å². The highest BCUT2D eigenvalue weighted by Crippen LogP contribution is 2.08. The third kappa shape index (κ3) is 14.3. The van der Waals surface area contributed by atoms with Gasteiger partial charge < -0.3 is 25.3 Å². The number of aromatic nitrogens is 4. The van der Waals surface area contributed by atoms with E-state index in [0.29, 0.717) is 43.6 Å². The third-order valence-corrected chi connectivity index (χ3v) is 4.92. The molecule has 1 atom stereocenters. The number of nitrogens with zero attached hydrogens (tertiary/aromatic N) is 4. The molecule has 3 rings (SSSR count). The Morgan fingerprint density at radius 2 is 1.68 bits per heavy atom. The van der Waals surface area contributed by atoms with Gasteiger partial charge in [-0.1, -0.05) is 48.5 Å². The van der Waals surface area contributed by atoms with E-state index in [9.17, 15) is 18.0 Å². The molecule has 0 saturated carbocycles.